The lowest BCUT2D eigenvalue weighted by atomic mass is 10.0. The number of imide groups is 1. The SMILES string of the molecule is NC(=Nc1ccccc1)N(C(=O)c1ccc2ccccc2c1)C(=O)c1ccc2ccccc2c1. The molecule has 0 radical (unpaired) electrons. The molecule has 164 valence electrons. The molecule has 0 aliphatic carbocycles. The van der Waals surface area contributed by atoms with Crippen molar-refractivity contribution in [2.45, 2.75) is 0 Å². The molecule has 2 amide bonds. The number of carbonyl (C=O) groups is 2. The standard InChI is InChI=1S/C29H21N3O2/c30-29(31-26-12-2-1-3-13-26)32(27(33)24-16-14-20-8-4-6-10-22(20)18-24)28(34)25-17-15-21-9-5-7-11-23(21)19-25/h1-19H,(H2,30,31). The summed E-state index contributed by atoms with van der Waals surface area (Å²) in [6.45, 7) is 0. The van der Waals surface area contributed by atoms with Crippen molar-refractivity contribution in [3.63, 3.8) is 0 Å². The molecule has 0 fully saturated rings. The molecule has 0 spiro atoms. The first-order valence-corrected chi connectivity index (χ1v) is 10.9. The lowest BCUT2D eigenvalue weighted by molar-refractivity contribution is 0.0712. The summed E-state index contributed by atoms with van der Waals surface area (Å²) >= 11 is 0. The van der Waals surface area contributed by atoms with Crippen LogP contribution < -0.4 is 5.73 Å². The number of hydrogen-bond acceptors (Lipinski definition) is 3. The molecule has 5 aromatic rings. The number of aliphatic imine (C=N–C) groups is 1. The van der Waals surface area contributed by atoms with Gasteiger partial charge < -0.3 is 5.73 Å². The molecule has 0 saturated carbocycles. The number of amides is 2. The second-order valence-electron chi connectivity index (χ2n) is 7.88. The monoisotopic (exact) mass is 443 g/mol. The van der Waals surface area contributed by atoms with E-state index < -0.39 is 11.8 Å². The number of carbonyl (C=O) groups excluding carboxylic acids is 2. The third-order valence-corrected chi connectivity index (χ3v) is 5.63. The van der Waals surface area contributed by atoms with Gasteiger partial charge >= 0.3 is 0 Å². The van der Waals surface area contributed by atoms with Gasteiger partial charge in [0, 0.05) is 11.1 Å². The largest absolute Gasteiger partial charge is 0.369 e. The Morgan fingerprint density at radius 1 is 0.559 bits per heavy atom. The Hall–Kier alpha value is -4.77. The van der Waals surface area contributed by atoms with E-state index in [1.165, 1.54) is 0 Å². The van der Waals surface area contributed by atoms with Crippen LogP contribution in [0.2, 0.25) is 0 Å². The Bertz CT molecular complexity index is 1470. The summed E-state index contributed by atoms with van der Waals surface area (Å²) in [5, 5.41) is 3.78. The van der Waals surface area contributed by atoms with Gasteiger partial charge in [0.05, 0.1) is 5.69 Å². The molecule has 0 unspecified atom stereocenters. The average molecular weight is 444 g/mol. The van der Waals surface area contributed by atoms with Gasteiger partial charge in [-0.2, -0.15) is 0 Å². The minimum atomic E-state index is -0.541. The molecule has 5 heteroatoms. The third kappa shape index (κ3) is 4.14. The van der Waals surface area contributed by atoms with Crippen LogP contribution in [0.15, 0.2) is 120 Å². The van der Waals surface area contributed by atoms with E-state index in [-0.39, 0.29) is 5.96 Å². The summed E-state index contributed by atoms with van der Waals surface area (Å²) in [5.74, 6) is -1.27. The fraction of sp³-hybridized carbons (Fsp3) is 0. The molecule has 0 aliphatic rings. The molecule has 2 N–H and O–H groups in total. The zero-order valence-corrected chi connectivity index (χ0v) is 18.3. The van der Waals surface area contributed by atoms with Crippen molar-refractivity contribution >= 4 is 45.0 Å². The van der Waals surface area contributed by atoms with Gasteiger partial charge in [0.1, 0.15) is 0 Å². The van der Waals surface area contributed by atoms with Crippen LogP contribution in [-0.2, 0) is 0 Å². The molecule has 0 aliphatic heterocycles. The lowest BCUT2D eigenvalue weighted by Crippen LogP contribution is -2.46. The first-order valence-electron chi connectivity index (χ1n) is 10.9. The number of rotatable bonds is 3. The fourth-order valence-corrected chi connectivity index (χ4v) is 3.89. The zero-order chi connectivity index (χ0) is 23.5. The average Bonchev–Trinajstić information content (AvgIpc) is 2.88. The number of nitrogens with zero attached hydrogens (tertiary/aromatic N) is 2. The minimum Gasteiger partial charge on any atom is -0.369 e. The molecule has 0 atom stereocenters. The van der Waals surface area contributed by atoms with Gasteiger partial charge in [-0.1, -0.05) is 78.9 Å². The first-order chi connectivity index (χ1) is 16.6. The van der Waals surface area contributed by atoms with E-state index in [9.17, 15) is 9.59 Å². The Morgan fingerprint density at radius 2 is 1.00 bits per heavy atom. The highest BCUT2D eigenvalue weighted by atomic mass is 16.2. The highest BCUT2D eigenvalue weighted by Crippen LogP contribution is 2.21. The quantitative estimate of drug-likeness (QED) is 0.214. The van der Waals surface area contributed by atoms with Crippen LogP contribution in [0.1, 0.15) is 20.7 Å². The van der Waals surface area contributed by atoms with Crippen LogP contribution in [0.5, 0.6) is 0 Å². The minimum absolute atomic E-state index is 0.192. The predicted octanol–water partition coefficient (Wildman–Crippen LogP) is 5.92. The number of para-hydroxylation sites is 1. The summed E-state index contributed by atoms with van der Waals surface area (Å²) in [4.78, 5) is 32.6. The smallest absolute Gasteiger partial charge is 0.267 e. The maximum atomic E-state index is 13.6. The molecular weight excluding hydrogens is 422 g/mol. The van der Waals surface area contributed by atoms with Gasteiger partial charge in [0.2, 0.25) is 5.96 Å². The third-order valence-electron chi connectivity index (χ3n) is 5.63. The number of fused-ring (bicyclic) bond motifs is 2. The Labute approximate surface area is 196 Å². The second kappa shape index (κ2) is 9.00. The molecule has 0 heterocycles. The summed E-state index contributed by atoms with van der Waals surface area (Å²) in [7, 11) is 0. The van der Waals surface area contributed by atoms with Gasteiger partial charge in [0.15, 0.2) is 0 Å². The first kappa shape index (κ1) is 21.1. The van der Waals surface area contributed by atoms with Crippen molar-refractivity contribution < 1.29 is 9.59 Å². The van der Waals surface area contributed by atoms with Crippen molar-refractivity contribution in [1.82, 2.24) is 4.90 Å². The molecule has 34 heavy (non-hydrogen) atoms. The Morgan fingerprint density at radius 3 is 1.50 bits per heavy atom. The van der Waals surface area contributed by atoms with Crippen molar-refractivity contribution in [3.05, 3.63) is 126 Å². The number of guanidine groups is 1. The van der Waals surface area contributed by atoms with Crippen LogP contribution in [0.25, 0.3) is 21.5 Å². The van der Waals surface area contributed by atoms with Crippen molar-refractivity contribution in [2.75, 3.05) is 0 Å². The van der Waals surface area contributed by atoms with Gasteiger partial charge in [-0.15, -0.1) is 0 Å². The molecular formula is C29H21N3O2. The van der Waals surface area contributed by atoms with Crippen molar-refractivity contribution in [3.8, 4) is 0 Å². The van der Waals surface area contributed by atoms with Crippen LogP contribution in [0.3, 0.4) is 0 Å². The summed E-state index contributed by atoms with van der Waals surface area (Å²) in [6, 6.07) is 35.0. The molecule has 5 aromatic carbocycles. The lowest BCUT2D eigenvalue weighted by Gasteiger charge is -2.20. The molecule has 0 bridgehead atoms. The maximum Gasteiger partial charge on any atom is 0.267 e. The normalized spacial score (nSPS) is 11.5. The summed E-state index contributed by atoms with van der Waals surface area (Å²) in [5.41, 5.74) is 7.52. The van der Waals surface area contributed by atoms with Gasteiger partial charge in [0.25, 0.3) is 11.8 Å². The van der Waals surface area contributed by atoms with E-state index >= 15 is 0 Å². The fourth-order valence-electron chi connectivity index (χ4n) is 3.89. The van der Waals surface area contributed by atoms with Gasteiger partial charge in [-0.25, -0.2) is 9.89 Å². The van der Waals surface area contributed by atoms with Crippen LogP contribution in [-0.4, -0.2) is 22.7 Å². The van der Waals surface area contributed by atoms with E-state index in [4.69, 9.17) is 5.73 Å². The molecule has 0 saturated heterocycles. The number of benzene rings is 5. The second-order valence-corrected chi connectivity index (χ2v) is 7.88. The number of hydrogen-bond donors (Lipinski definition) is 1. The summed E-state index contributed by atoms with van der Waals surface area (Å²) < 4.78 is 0. The predicted molar refractivity (Wildman–Crippen MR) is 136 cm³/mol. The Kier molecular flexibility index (Phi) is 5.58. The van der Waals surface area contributed by atoms with Gasteiger partial charge in [-0.3, -0.25) is 9.59 Å². The molecule has 0 aromatic heterocycles. The topological polar surface area (TPSA) is 75.8 Å². The van der Waals surface area contributed by atoms with Crippen molar-refractivity contribution in [1.29, 1.82) is 0 Å². The van der Waals surface area contributed by atoms with E-state index in [0.717, 1.165) is 26.4 Å². The molecule has 5 nitrogen and oxygen atoms in total. The maximum absolute atomic E-state index is 13.6. The van der Waals surface area contributed by atoms with E-state index in [2.05, 4.69) is 4.99 Å². The van der Waals surface area contributed by atoms with Crippen LogP contribution >= 0.6 is 0 Å². The van der Waals surface area contributed by atoms with Crippen LogP contribution in [0.4, 0.5) is 5.69 Å². The van der Waals surface area contributed by atoms with E-state index in [1.54, 1.807) is 36.4 Å². The van der Waals surface area contributed by atoms with E-state index in [0.29, 0.717) is 16.8 Å². The summed E-state index contributed by atoms with van der Waals surface area (Å²) in [6.07, 6.45) is 0. The highest BCUT2D eigenvalue weighted by Gasteiger charge is 2.28. The van der Waals surface area contributed by atoms with Crippen molar-refractivity contribution in [2.24, 2.45) is 10.7 Å². The van der Waals surface area contributed by atoms with Crippen LogP contribution in [0, 0.1) is 0 Å². The Balaban J connectivity index is 1.60. The van der Waals surface area contributed by atoms with E-state index in [1.807, 2.05) is 78.9 Å². The number of nitrogens with two attached hydrogens (primary N) is 1. The zero-order valence-electron chi connectivity index (χ0n) is 18.3. The van der Waals surface area contributed by atoms with Gasteiger partial charge in [-0.05, 0) is 57.9 Å². The highest BCUT2D eigenvalue weighted by molar-refractivity contribution is 6.22. The molecule has 5 rings (SSSR count).